The fourth-order valence-electron chi connectivity index (χ4n) is 2.64. The predicted octanol–water partition coefficient (Wildman–Crippen LogP) is 5.22. The Morgan fingerprint density at radius 2 is 1.65 bits per heavy atom. The Bertz CT molecular complexity index is 1020. The Hall–Kier alpha value is -2.17. The zero-order valence-electron chi connectivity index (χ0n) is 12.0. The van der Waals surface area contributed by atoms with E-state index in [0.717, 1.165) is 31.7 Å². The molecule has 4 rings (SSSR count). The molecule has 0 atom stereocenters. The monoisotopic (exact) mass is 385 g/mol. The third kappa shape index (κ3) is 2.76. The molecule has 0 radical (unpaired) electrons. The Morgan fingerprint density at radius 3 is 2.48 bits per heavy atom. The van der Waals surface area contributed by atoms with Crippen molar-refractivity contribution in [2.75, 3.05) is 5.73 Å². The molecule has 0 unspecified atom stereocenters. The van der Waals surface area contributed by atoms with Crippen molar-refractivity contribution in [3.8, 4) is 11.4 Å². The molecule has 0 aliphatic carbocycles. The van der Waals surface area contributed by atoms with Gasteiger partial charge >= 0.3 is 0 Å². The molecule has 3 nitrogen and oxygen atoms in total. The molecule has 114 valence electrons. The smallest absolute Gasteiger partial charge is 0.162 e. The highest BCUT2D eigenvalue weighted by Crippen LogP contribution is 2.29. The van der Waals surface area contributed by atoms with Crippen LogP contribution in [0.5, 0.6) is 0 Å². The maximum Gasteiger partial charge on any atom is 0.162 e. The third-order valence-electron chi connectivity index (χ3n) is 3.70. The summed E-state index contributed by atoms with van der Waals surface area (Å²) in [5, 5.41) is 3.12. The van der Waals surface area contributed by atoms with Gasteiger partial charge in [0, 0.05) is 20.8 Å². The van der Waals surface area contributed by atoms with E-state index in [1.807, 2.05) is 42.5 Å². The number of fused-ring (bicyclic) bond motifs is 3. The highest BCUT2D eigenvalue weighted by Gasteiger charge is 2.10. The fraction of sp³-hybridized carbons (Fsp3) is 0. The summed E-state index contributed by atoms with van der Waals surface area (Å²) in [6, 6.07) is 20.1. The van der Waals surface area contributed by atoms with Gasteiger partial charge in [-0.15, -0.1) is 12.4 Å². The van der Waals surface area contributed by atoms with Crippen LogP contribution in [0.2, 0.25) is 0 Å². The Morgan fingerprint density at radius 1 is 0.826 bits per heavy atom. The number of nitrogens with two attached hydrogens (primary N) is 1. The number of aromatic nitrogens is 2. The molecular formula is C18H13BrClN3. The first-order valence-electron chi connectivity index (χ1n) is 6.93. The first-order valence-corrected chi connectivity index (χ1v) is 7.72. The summed E-state index contributed by atoms with van der Waals surface area (Å²) in [6.45, 7) is 0. The van der Waals surface area contributed by atoms with Gasteiger partial charge < -0.3 is 5.73 Å². The minimum absolute atomic E-state index is 0. The van der Waals surface area contributed by atoms with Crippen molar-refractivity contribution < 1.29 is 0 Å². The first kappa shape index (κ1) is 15.7. The van der Waals surface area contributed by atoms with Crippen LogP contribution < -0.4 is 5.73 Å². The van der Waals surface area contributed by atoms with Crippen LogP contribution in [-0.2, 0) is 0 Å². The summed E-state index contributed by atoms with van der Waals surface area (Å²) in [6.07, 6.45) is 0. The zero-order chi connectivity index (χ0) is 15.1. The topological polar surface area (TPSA) is 51.8 Å². The van der Waals surface area contributed by atoms with Crippen LogP contribution >= 0.6 is 28.3 Å². The minimum atomic E-state index is 0. The molecule has 0 amide bonds. The number of nitrogens with zero attached hydrogens (tertiary/aromatic N) is 2. The van der Waals surface area contributed by atoms with Gasteiger partial charge in [-0.2, -0.15) is 0 Å². The minimum Gasteiger partial charge on any atom is -0.383 e. The predicted molar refractivity (Wildman–Crippen MR) is 102 cm³/mol. The lowest BCUT2D eigenvalue weighted by Crippen LogP contribution is -1.98. The lowest BCUT2D eigenvalue weighted by molar-refractivity contribution is 1.24. The van der Waals surface area contributed by atoms with Gasteiger partial charge in [0.25, 0.3) is 0 Å². The van der Waals surface area contributed by atoms with Gasteiger partial charge in [0.2, 0.25) is 0 Å². The number of nitrogen functional groups attached to an aromatic ring is 1. The molecule has 1 heterocycles. The van der Waals surface area contributed by atoms with E-state index in [-0.39, 0.29) is 12.4 Å². The van der Waals surface area contributed by atoms with Crippen molar-refractivity contribution in [1.82, 2.24) is 9.97 Å². The van der Waals surface area contributed by atoms with Crippen molar-refractivity contribution >= 4 is 55.8 Å². The second kappa shape index (κ2) is 6.14. The molecule has 0 saturated heterocycles. The maximum atomic E-state index is 6.16. The molecule has 23 heavy (non-hydrogen) atoms. The number of halogens is 2. The van der Waals surface area contributed by atoms with E-state index in [2.05, 4.69) is 39.1 Å². The van der Waals surface area contributed by atoms with Gasteiger partial charge in [-0.3, -0.25) is 0 Å². The summed E-state index contributed by atoms with van der Waals surface area (Å²) in [5.74, 6) is 1.15. The van der Waals surface area contributed by atoms with Gasteiger partial charge in [-0.1, -0.05) is 58.4 Å². The average Bonchev–Trinajstić information content (AvgIpc) is 2.54. The van der Waals surface area contributed by atoms with Crippen LogP contribution in [-0.4, -0.2) is 9.97 Å². The Kier molecular flexibility index (Phi) is 4.20. The van der Waals surface area contributed by atoms with E-state index < -0.39 is 0 Å². The Labute approximate surface area is 148 Å². The summed E-state index contributed by atoms with van der Waals surface area (Å²) < 4.78 is 0.991. The van der Waals surface area contributed by atoms with Crippen molar-refractivity contribution in [2.45, 2.75) is 0 Å². The summed E-state index contributed by atoms with van der Waals surface area (Å²) in [4.78, 5) is 9.23. The van der Waals surface area contributed by atoms with Gasteiger partial charge in [0.15, 0.2) is 5.82 Å². The molecule has 0 bridgehead atoms. The van der Waals surface area contributed by atoms with E-state index in [0.29, 0.717) is 11.6 Å². The quantitative estimate of drug-likeness (QED) is 0.456. The number of anilines is 1. The highest BCUT2D eigenvalue weighted by molar-refractivity contribution is 9.10. The van der Waals surface area contributed by atoms with Crippen LogP contribution in [0.3, 0.4) is 0 Å². The maximum absolute atomic E-state index is 6.16. The lowest BCUT2D eigenvalue weighted by atomic mass is 10.1. The average molecular weight is 387 g/mol. The van der Waals surface area contributed by atoms with Gasteiger partial charge in [0.1, 0.15) is 5.82 Å². The van der Waals surface area contributed by atoms with E-state index in [1.54, 1.807) is 0 Å². The van der Waals surface area contributed by atoms with Gasteiger partial charge in [-0.25, -0.2) is 9.97 Å². The number of hydrogen-bond acceptors (Lipinski definition) is 3. The third-order valence-corrected chi connectivity index (χ3v) is 4.20. The van der Waals surface area contributed by atoms with Crippen LogP contribution in [0.4, 0.5) is 5.82 Å². The molecule has 2 N–H and O–H groups in total. The van der Waals surface area contributed by atoms with Crippen molar-refractivity contribution in [2.24, 2.45) is 0 Å². The van der Waals surface area contributed by atoms with Crippen molar-refractivity contribution in [1.29, 1.82) is 0 Å². The van der Waals surface area contributed by atoms with E-state index in [4.69, 9.17) is 10.7 Å². The first-order chi connectivity index (χ1) is 10.7. The molecular weight excluding hydrogens is 374 g/mol. The standard InChI is InChI=1S/C18H12BrN3.ClH/c19-13-6-3-5-12(10-13)18-21-16-14-7-2-1-4-11(14)8-9-15(16)17(20)22-18;/h1-10H,(H2,20,21,22);1H. The molecule has 5 heteroatoms. The molecule has 0 aliphatic heterocycles. The molecule has 1 aromatic heterocycles. The normalized spacial score (nSPS) is 10.7. The number of hydrogen-bond donors (Lipinski definition) is 1. The molecule has 4 aromatic rings. The van der Waals surface area contributed by atoms with Crippen LogP contribution in [0, 0.1) is 0 Å². The lowest BCUT2D eigenvalue weighted by Gasteiger charge is -2.08. The van der Waals surface area contributed by atoms with E-state index in [1.165, 1.54) is 0 Å². The summed E-state index contributed by atoms with van der Waals surface area (Å²) >= 11 is 3.48. The SMILES string of the molecule is Cl.Nc1nc(-c2cccc(Br)c2)nc2c1ccc1ccccc12. The van der Waals surface area contributed by atoms with Crippen molar-refractivity contribution in [3.63, 3.8) is 0 Å². The van der Waals surface area contributed by atoms with Gasteiger partial charge in [0.05, 0.1) is 5.52 Å². The van der Waals surface area contributed by atoms with Crippen LogP contribution in [0.25, 0.3) is 33.1 Å². The number of benzene rings is 3. The molecule has 3 aromatic carbocycles. The molecule has 0 aliphatic rings. The number of rotatable bonds is 1. The highest BCUT2D eigenvalue weighted by atomic mass is 79.9. The fourth-order valence-corrected chi connectivity index (χ4v) is 3.04. The summed E-state index contributed by atoms with van der Waals surface area (Å²) in [5.41, 5.74) is 7.99. The molecule has 0 saturated carbocycles. The van der Waals surface area contributed by atoms with E-state index in [9.17, 15) is 0 Å². The van der Waals surface area contributed by atoms with Gasteiger partial charge in [-0.05, 0) is 23.6 Å². The second-order valence-corrected chi connectivity index (χ2v) is 6.04. The van der Waals surface area contributed by atoms with Crippen molar-refractivity contribution in [3.05, 3.63) is 65.1 Å². The second-order valence-electron chi connectivity index (χ2n) is 5.13. The molecule has 0 fully saturated rings. The van der Waals surface area contributed by atoms with E-state index >= 15 is 0 Å². The largest absolute Gasteiger partial charge is 0.383 e. The summed E-state index contributed by atoms with van der Waals surface area (Å²) in [7, 11) is 0. The Balaban J connectivity index is 0.00000156. The zero-order valence-corrected chi connectivity index (χ0v) is 14.4. The van der Waals surface area contributed by atoms with Crippen LogP contribution in [0.1, 0.15) is 0 Å². The van der Waals surface area contributed by atoms with Crippen LogP contribution in [0.15, 0.2) is 65.1 Å². The molecule has 0 spiro atoms.